The van der Waals surface area contributed by atoms with Gasteiger partial charge in [-0.05, 0) is 24.3 Å². The average Bonchev–Trinajstić information content (AvgIpc) is 2.71. The standard InChI is InChI=1S/C21H18ClFN4O2/c1-26-16-10-25-15-8-11(19-14(23)3-2-4-18(19)28)13(22)7-12(15)20(16)27-6-5-24-9-17(27)21(26)29/h2-4,7-8,10,17,24,28H,5-6,9H2,1H3/t17-/m0/s1. The van der Waals surface area contributed by atoms with Crippen LogP contribution >= 0.6 is 11.6 Å². The van der Waals surface area contributed by atoms with Crippen LogP contribution in [0.25, 0.3) is 22.0 Å². The zero-order chi connectivity index (χ0) is 20.3. The van der Waals surface area contributed by atoms with E-state index in [1.165, 1.54) is 18.2 Å². The van der Waals surface area contributed by atoms with Crippen LogP contribution in [0.5, 0.6) is 5.75 Å². The Bertz CT molecular complexity index is 1150. The van der Waals surface area contributed by atoms with E-state index in [-0.39, 0.29) is 23.3 Å². The second-order valence-corrected chi connectivity index (χ2v) is 7.69. The molecule has 0 spiro atoms. The largest absolute Gasteiger partial charge is 0.507 e. The number of likely N-dealkylation sites (N-methyl/N-ethyl adjacent to an activating group) is 1. The predicted molar refractivity (Wildman–Crippen MR) is 111 cm³/mol. The molecule has 3 aromatic rings. The molecular weight excluding hydrogens is 395 g/mol. The summed E-state index contributed by atoms with van der Waals surface area (Å²) in [5.41, 5.74) is 2.66. The number of fused-ring (bicyclic) bond motifs is 5. The predicted octanol–water partition coefficient (Wildman–Crippen LogP) is 3.15. The van der Waals surface area contributed by atoms with E-state index in [0.29, 0.717) is 29.2 Å². The maximum Gasteiger partial charge on any atom is 0.250 e. The topological polar surface area (TPSA) is 68.7 Å². The highest BCUT2D eigenvalue weighted by Crippen LogP contribution is 2.44. The summed E-state index contributed by atoms with van der Waals surface area (Å²) in [5, 5.41) is 14.5. The first-order valence-corrected chi connectivity index (χ1v) is 9.70. The fourth-order valence-electron chi connectivity index (χ4n) is 4.24. The minimum absolute atomic E-state index is 0.0184. The zero-order valence-electron chi connectivity index (χ0n) is 15.6. The molecule has 1 atom stereocenters. The molecule has 2 aromatic carbocycles. The molecule has 0 saturated carbocycles. The molecule has 29 heavy (non-hydrogen) atoms. The van der Waals surface area contributed by atoms with Crippen LogP contribution in [0.3, 0.4) is 0 Å². The maximum absolute atomic E-state index is 14.4. The third-order valence-corrected chi connectivity index (χ3v) is 5.99. The van der Waals surface area contributed by atoms with E-state index in [9.17, 15) is 14.3 Å². The lowest BCUT2D eigenvalue weighted by molar-refractivity contribution is -0.120. The van der Waals surface area contributed by atoms with Crippen LogP contribution in [0.1, 0.15) is 0 Å². The molecular formula is C21H18ClFN4O2. The van der Waals surface area contributed by atoms with Crippen LogP contribution < -0.4 is 15.1 Å². The van der Waals surface area contributed by atoms with Gasteiger partial charge in [-0.2, -0.15) is 0 Å². The zero-order valence-corrected chi connectivity index (χ0v) is 16.4. The highest BCUT2D eigenvalue weighted by Gasteiger charge is 2.39. The monoisotopic (exact) mass is 412 g/mol. The maximum atomic E-state index is 14.4. The van der Waals surface area contributed by atoms with Gasteiger partial charge in [-0.3, -0.25) is 9.78 Å². The van der Waals surface area contributed by atoms with Gasteiger partial charge >= 0.3 is 0 Å². The van der Waals surface area contributed by atoms with Crippen LogP contribution in [0.2, 0.25) is 5.02 Å². The van der Waals surface area contributed by atoms with Crippen molar-refractivity contribution in [2.75, 3.05) is 36.5 Å². The van der Waals surface area contributed by atoms with Crippen molar-refractivity contribution in [1.82, 2.24) is 10.3 Å². The summed E-state index contributed by atoms with van der Waals surface area (Å²) >= 11 is 6.55. The number of carbonyl (C=O) groups excluding carboxylic acids is 1. The molecule has 0 radical (unpaired) electrons. The van der Waals surface area contributed by atoms with E-state index >= 15 is 0 Å². The van der Waals surface area contributed by atoms with Crippen molar-refractivity contribution in [2.45, 2.75) is 6.04 Å². The molecule has 1 saturated heterocycles. The highest BCUT2D eigenvalue weighted by atomic mass is 35.5. The fourth-order valence-corrected chi connectivity index (χ4v) is 4.50. The lowest BCUT2D eigenvalue weighted by atomic mass is 9.98. The van der Waals surface area contributed by atoms with Crippen LogP contribution in [-0.2, 0) is 4.79 Å². The number of aromatic hydroxyl groups is 1. The highest BCUT2D eigenvalue weighted by molar-refractivity contribution is 6.34. The van der Waals surface area contributed by atoms with Gasteiger partial charge in [0.2, 0.25) is 0 Å². The quantitative estimate of drug-likeness (QED) is 0.642. The number of anilines is 2. The molecule has 6 nitrogen and oxygen atoms in total. The fraction of sp³-hybridized carbons (Fsp3) is 0.238. The first kappa shape index (κ1) is 18.1. The van der Waals surface area contributed by atoms with Crippen molar-refractivity contribution in [1.29, 1.82) is 0 Å². The minimum Gasteiger partial charge on any atom is -0.507 e. The van der Waals surface area contributed by atoms with Crippen LogP contribution in [0, 0.1) is 5.82 Å². The summed E-state index contributed by atoms with van der Waals surface area (Å²) in [6.07, 6.45) is 1.66. The number of benzene rings is 2. The molecule has 8 heteroatoms. The number of carbonyl (C=O) groups is 1. The Balaban J connectivity index is 1.76. The second kappa shape index (κ2) is 6.57. The molecule has 1 amide bonds. The van der Waals surface area contributed by atoms with Gasteiger partial charge < -0.3 is 20.2 Å². The normalized spacial score (nSPS) is 18.7. The molecule has 1 fully saturated rings. The summed E-state index contributed by atoms with van der Waals surface area (Å²) in [7, 11) is 1.74. The van der Waals surface area contributed by atoms with E-state index < -0.39 is 5.82 Å². The molecule has 148 valence electrons. The van der Waals surface area contributed by atoms with Gasteiger partial charge in [0.25, 0.3) is 5.91 Å². The van der Waals surface area contributed by atoms with Crippen molar-refractivity contribution < 1.29 is 14.3 Å². The molecule has 5 rings (SSSR count). The summed E-state index contributed by atoms with van der Waals surface area (Å²) in [6, 6.07) is 7.28. The van der Waals surface area contributed by atoms with Gasteiger partial charge in [0.05, 0.1) is 28.7 Å². The van der Waals surface area contributed by atoms with Crippen molar-refractivity contribution in [3.63, 3.8) is 0 Å². The number of aromatic nitrogens is 1. The molecule has 3 heterocycles. The lowest BCUT2D eigenvalue weighted by Crippen LogP contribution is -2.61. The SMILES string of the molecule is CN1C(=O)[C@@H]2CNCCN2c2c1cnc1cc(-c3c(O)cccc3F)c(Cl)cc21. The smallest absolute Gasteiger partial charge is 0.250 e. The van der Waals surface area contributed by atoms with Gasteiger partial charge in [0, 0.05) is 42.7 Å². The summed E-state index contributed by atoms with van der Waals surface area (Å²) < 4.78 is 14.4. The Labute approximate surface area is 171 Å². The third-order valence-electron chi connectivity index (χ3n) is 5.68. The van der Waals surface area contributed by atoms with E-state index in [1.807, 2.05) is 0 Å². The number of amides is 1. The summed E-state index contributed by atoms with van der Waals surface area (Å²) in [6.45, 7) is 2.02. The van der Waals surface area contributed by atoms with Crippen molar-refractivity contribution in [3.8, 4) is 16.9 Å². The van der Waals surface area contributed by atoms with Crippen LogP contribution in [0.15, 0.2) is 36.5 Å². The van der Waals surface area contributed by atoms with E-state index in [2.05, 4.69) is 15.2 Å². The molecule has 2 aliphatic heterocycles. The van der Waals surface area contributed by atoms with E-state index in [0.717, 1.165) is 23.3 Å². The van der Waals surface area contributed by atoms with Crippen molar-refractivity contribution in [3.05, 3.63) is 47.4 Å². The van der Waals surface area contributed by atoms with Crippen LogP contribution in [0.4, 0.5) is 15.8 Å². The summed E-state index contributed by atoms with van der Waals surface area (Å²) in [4.78, 5) is 21.0. The van der Waals surface area contributed by atoms with E-state index in [4.69, 9.17) is 11.6 Å². The first-order valence-electron chi connectivity index (χ1n) is 9.32. The Morgan fingerprint density at radius 2 is 2.17 bits per heavy atom. The number of nitrogens with zero attached hydrogens (tertiary/aromatic N) is 3. The van der Waals surface area contributed by atoms with Crippen LogP contribution in [-0.4, -0.2) is 48.7 Å². The Morgan fingerprint density at radius 3 is 2.97 bits per heavy atom. The molecule has 0 bridgehead atoms. The number of nitrogens with one attached hydrogen (secondary N) is 1. The number of phenolic OH excluding ortho intramolecular Hbond substituents is 1. The number of pyridine rings is 1. The van der Waals surface area contributed by atoms with Gasteiger partial charge in [-0.25, -0.2) is 4.39 Å². The minimum atomic E-state index is -0.559. The number of hydrogen-bond donors (Lipinski definition) is 2. The third kappa shape index (κ3) is 2.65. The number of phenols is 1. The molecule has 2 aliphatic rings. The van der Waals surface area contributed by atoms with Gasteiger partial charge in [-0.15, -0.1) is 0 Å². The molecule has 2 N–H and O–H groups in total. The first-order chi connectivity index (χ1) is 14.0. The van der Waals surface area contributed by atoms with Gasteiger partial charge in [0.1, 0.15) is 17.6 Å². The molecule has 0 aliphatic carbocycles. The number of hydrogen-bond acceptors (Lipinski definition) is 5. The Kier molecular flexibility index (Phi) is 4.11. The van der Waals surface area contributed by atoms with Gasteiger partial charge in [-0.1, -0.05) is 17.7 Å². The molecule has 0 unspecified atom stereocenters. The second-order valence-electron chi connectivity index (χ2n) is 7.29. The van der Waals surface area contributed by atoms with Crippen molar-refractivity contribution >= 4 is 39.8 Å². The Morgan fingerprint density at radius 1 is 1.34 bits per heavy atom. The number of halogens is 2. The number of piperazine rings is 1. The Hall–Kier alpha value is -2.90. The van der Waals surface area contributed by atoms with Crippen molar-refractivity contribution in [2.24, 2.45) is 0 Å². The summed E-state index contributed by atoms with van der Waals surface area (Å²) in [5.74, 6) is -0.724. The molecule has 1 aromatic heterocycles. The lowest BCUT2D eigenvalue weighted by Gasteiger charge is -2.44. The van der Waals surface area contributed by atoms with Gasteiger partial charge in [0.15, 0.2) is 0 Å². The number of rotatable bonds is 1. The average molecular weight is 413 g/mol. The van der Waals surface area contributed by atoms with E-state index in [1.54, 1.807) is 30.3 Å².